The molecule has 25 heavy (non-hydrogen) atoms. The molecule has 3 rings (SSSR count). The molecule has 0 spiro atoms. The van der Waals surface area contributed by atoms with E-state index in [2.05, 4.69) is 45.0 Å². The summed E-state index contributed by atoms with van der Waals surface area (Å²) in [5.41, 5.74) is 3.06. The van der Waals surface area contributed by atoms with E-state index in [1.165, 1.54) is 49.7 Å². The van der Waals surface area contributed by atoms with Gasteiger partial charge < -0.3 is 0 Å². The quantitative estimate of drug-likeness (QED) is 0.607. The minimum absolute atomic E-state index is 0.211. The molecule has 2 unspecified atom stereocenters. The Morgan fingerprint density at radius 3 is 2.16 bits per heavy atom. The zero-order valence-corrected chi connectivity index (χ0v) is 17.2. The van der Waals surface area contributed by atoms with Crippen molar-refractivity contribution in [3.8, 4) is 0 Å². The average Bonchev–Trinajstić information content (AvgIpc) is 2.61. The Balaban J connectivity index is 1.78. The number of carbonyl (C=O) groups is 1. The van der Waals surface area contributed by atoms with Crippen LogP contribution in [0.2, 0.25) is 0 Å². The molecule has 1 nitrogen and oxygen atoms in total. The second-order valence-electron chi connectivity index (χ2n) is 9.02. The van der Waals surface area contributed by atoms with E-state index in [0.717, 1.165) is 30.3 Å². The molecule has 0 amide bonds. The predicted molar refractivity (Wildman–Crippen MR) is 110 cm³/mol. The van der Waals surface area contributed by atoms with Gasteiger partial charge in [-0.3, -0.25) is 4.79 Å². The van der Waals surface area contributed by atoms with Crippen LogP contribution in [0, 0.1) is 0 Å². The van der Waals surface area contributed by atoms with Crippen molar-refractivity contribution < 1.29 is 4.79 Å². The first kappa shape index (κ1) is 19.0. The van der Waals surface area contributed by atoms with E-state index >= 15 is 0 Å². The number of hydrogen-bond acceptors (Lipinski definition) is 1. The minimum Gasteiger partial charge on any atom is -0.294 e. The number of rotatable bonds is 4. The van der Waals surface area contributed by atoms with Gasteiger partial charge >= 0.3 is 0 Å². The molecule has 2 aliphatic carbocycles. The van der Waals surface area contributed by atoms with Gasteiger partial charge in [0, 0.05) is 29.3 Å². The van der Waals surface area contributed by atoms with Crippen LogP contribution in [0.5, 0.6) is 0 Å². The summed E-state index contributed by atoms with van der Waals surface area (Å²) in [5.74, 6) is 1.71. The van der Waals surface area contributed by atoms with Crippen LogP contribution in [0.25, 0.3) is 0 Å². The Bertz CT molecular complexity index is 563. The van der Waals surface area contributed by atoms with Gasteiger partial charge in [-0.15, -0.1) is 0 Å². The first-order valence-corrected chi connectivity index (χ1v) is 11.8. The van der Waals surface area contributed by atoms with E-state index in [-0.39, 0.29) is 16.3 Å². The molecular weight excluding hydrogens is 324 g/mol. The van der Waals surface area contributed by atoms with Gasteiger partial charge in [0.15, 0.2) is 11.0 Å². The summed E-state index contributed by atoms with van der Waals surface area (Å²) in [6, 6.07) is 9.27. The lowest BCUT2D eigenvalue weighted by Gasteiger charge is -2.30. The number of Topliss-reactive ketones (excluding diaryl/α,β-unsaturated/α-hetero) is 1. The predicted octanol–water partition coefficient (Wildman–Crippen LogP) is 5.95. The highest BCUT2D eigenvalue weighted by molar-refractivity contribution is 7.98. The number of hydrogen-bond donors (Lipinski definition) is 0. The molecule has 0 bridgehead atoms. The molecular formula is C23H35OS+. The third-order valence-corrected chi connectivity index (χ3v) is 9.22. The van der Waals surface area contributed by atoms with Crippen molar-refractivity contribution in [3.05, 3.63) is 35.4 Å². The fourth-order valence-corrected chi connectivity index (χ4v) is 7.73. The molecule has 0 N–H and O–H groups in total. The lowest BCUT2D eigenvalue weighted by atomic mass is 9.87. The summed E-state index contributed by atoms with van der Waals surface area (Å²) in [6.07, 6.45) is 11.2. The first-order valence-electron chi connectivity index (χ1n) is 10.3. The Morgan fingerprint density at radius 1 is 0.920 bits per heavy atom. The highest BCUT2D eigenvalue weighted by Gasteiger charge is 2.43. The lowest BCUT2D eigenvalue weighted by molar-refractivity contribution is -0.119. The van der Waals surface area contributed by atoms with Gasteiger partial charge in [0.25, 0.3) is 0 Å². The monoisotopic (exact) mass is 359 g/mol. The Hall–Kier alpha value is -0.760. The fraction of sp³-hybridized carbons (Fsp3) is 0.696. The van der Waals surface area contributed by atoms with Crippen molar-refractivity contribution in [2.24, 2.45) is 0 Å². The zero-order chi connectivity index (χ0) is 17.9. The van der Waals surface area contributed by atoms with Crippen LogP contribution in [0.4, 0.5) is 0 Å². The number of carbonyl (C=O) groups excluding carboxylic acids is 1. The van der Waals surface area contributed by atoms with Crippen LogP contribution in [-0.2, 0) is 26.9 Å². The molecule has 0 heterocycles. The highest BCUT2D eigenvalue weighted by Crippen LogP contribution is 2.35. The average molecular weight is 360 g/mol. The van der Waals surface area contributed by atoms with Crippen molar-refractivity contribution in [1.82, 2.24) is 0 Å². The maximum Gasteiger partial charge on any atom is 0.184 e. The Kier molecular flexibility index (Phi) is 6.30. The van der Waals surface area contributed by atoms with Crippen molar-refractivity contribution in [2.75, 3.05) is 0 Å². The van der Waals surface area contributed by atoms with Gasteiger partial charge in [0.1, 0.15) is 11.0 Å². The molecule has 0 aliphatic heterocycles. The van der Waals surface area contributed by atoms with Gasteiger partial charge in [-0.25, -0.2) is 0 Å². The van der Waals surface area contributed by atoms with E-state index in [1.807, 2.05) is 0 Å². The Morgan fingerprint density at radius 2 is 1.56 bits per heavy atom. The maximum atomic E-state index is 12.7. The second-order valence-corrected chi connectivity index (χ2v) is 11.5. The van der Waals surface area contributed by atoms with E-state index in [0.29, 0.717) is 11.0 Å². The standard InChI is InChI=1S/C23H35OS/c1-23(2,3)19-15-13-18(14-16-19)17-25(20-9-5-4-6-10-20)22-12-8-7-11-21(22)24/h13-16,20,22H,4-12,17H2,1-3H3/q+1. The van der Waals surface area contributed by atoms with Gasteiger partial charge in [0.2, 0.25) is 0 Å². The summed E-state index contributed by atoms with van der Waals surface area (Å²) in [5, 5.41) is 1.15. The van der Waals surface area contributed by atoms with E-state index < -0.39 is 0 Å². The third-order valence-electron chi connectivity index (χ3n) is 6.00. The van der Waals surface area contributed by atoms with E-state index in [9.17, 15) is 4.79 Å². The minimum atomic E-state index is 0.211. The molecule has 2 aliphatic rings. The van der Waals surface area contributed by atoms with Gasteiger partial charge in [-0.05, 0) is 49.5 Å². The van der Waals surface area contributed by atoms with Crippen molar-refractivity contribution >= 4 is 16.7 Å². The zero-order valence-electron chi connectivity index (χ0n) is 16.4. The van der Waals surface area contributed by atoms with Crippen molar-refractivity contribution in [1.29, 1.82) is 0 Å². The normalized spacial score (nSPS) is 24.3. The van der Waals surface area contributed by atoms with Crippen molar-refractivity contribution in [3.63, 3.8) is 0 Å². The third kappa shape index (κ3) is 4.90. The topological polar surface area (TPSA) is 17.1 Å². The SMILES string of the molecule is CC(C)(C)c1ccc(C[S+](C2CCCCC2)C2CCCCC2=O)cc1. The molecule has 2 heteroatoms. The van der Waals surface area contributed by atoms with Gasteiger partial charge in [0.05, 0.1) is 0 Å². The summed E-state index contributed by atoms with van der Waals surface area (Å²) >= 11 is 0. The van der Waals surface area contributed by atoms with Gasteiger partial charge in [-0.2, -0.15) is 0 Å². The molecule has 1 aromatic carbocycles. The van der Waals surface area contributed by atoms with Crippen LogP contribution in [-0.4, -0.2) is 16.3 Å². The molecule has 0 aromatic heterocycles. The smallest absolute Gasteiger partial charge is 0.184 e. The molecule has 2 saturated carbocycles. The summed E-state index contributed by atoms with van der Waals surface area (Å²) in [4.78, 5) is 12.7. The second kappa shape index (κ2) is 8.29. The van der Waals surface area contributed by atoms with Crippen LogP contribution >= 0.6 is 0 Å². The van der Waals surface area contributed by atoms with Crippen LogP contribution < -0.4 is 0 Å². The van der Waals surface area contributed by atoms with E-state index in [1.54, 1.807) is 0 Å². The van der Waals surface area contributed by atoms with Crippen LogP contribution in [0.3, 0.4) is 0 Å². The van der Waals surface area contributed by atoms with Gasteiger partial charge in [-0.1, -0.05) is 51.5 Å². The molecule has 0 radical (unpaired) electrons. The number of ketones is 1. The van der Waals surface area contributed by atoms with Crippen LogP contribution in [0.1, 0.15) is 89.7 Å². The van der Waals surface area contributed by atoms with Crippen LogP contribution in [0.15, 0.2) is 24.3 Å². The van der Waals surface area contributed by atoms with Crippen molar-refractivity contribution in [2.45, 2.75) is 100 Å². The molecule has 2 fully saturated rings. The summed E-state index contributed by atoms with van der Waals surface area (Å²) < 4.78 is 0. The Labute approximate surface area is 157 Å². The maximum absolute atomic E-state index is 12.7. The molecule has 138 valence electrons. The summed E-state index contributed by atoms with van der Waals surface area (Å²) in [7, 11) is 0.244. The first-order chi connectivity index (χ1) is 11.9. The number of benzene rings is 1. The molecule has 1 aromatic rings. The fourth-order valence-electron chi connectivity index (χ4n) is 4.38. The highest BCUT2D eigenvalue weighted by atomic mass is 32.2. The molecule has 2 atom stereocenters. The molecule has 0 saturated heterocycles. The largest absolute Gasteiger partial charge is 0.294 e. The summed E-state index contributed by atoms with van der Waals surface area (Å²) in [6.45, 7) is 6.82. The lowest BCUT2D eigenvalue weighted by Crippen LogP contribution is -2.41. The van der Waals surface area contributed by atoms with E-state index in [4.69, 9.17) is 0 Å².